The zero-order valence-electron chi connectivity index (χ0n) is 10.3. The van der Waals surface area contributed by atoms with Crippen LogP contribution in [0.3, 0.4) is 0 Å². The van der Waals surface area contributed by atoms with E-state index in [0.717, 1.165) is 11.8 Å². The monoisotopic (exact) mass is 235 g/mol. The molecule has 16 heavy (non-hydrogen) atoms. The molecule has 2 rings (SSSR count). The topological polar surface area (TPSA) is 12.0 Å². The lowest BCUT2D eigenvalue weighted by Crippen LogP contribution is -2.07. The van der Waals surface area contributed by atoms with E-state index >= 15 is 0 Å². The smallest absolute Gasteiger partial charge is 0.0213 e. The Balaban J connectivity index is 2.11. The highest BCUT2D eigenvalue weighted by molar-refractivity contribution is 8.00. The summed E-state index contributed by atoms with van der Waals surface area (Å²) in [7, 11) is 2.02. The summed E-state index contributed by atoms with van der Waals surface area (Å²) in [6, 6.07) is 6.84. The minimum Gasteiger partial charge on any atom is -0.316 e. The van der Waals surface area contributed by atoms with Gasteiger partial charge in [0.2, 0.25) is 0 Å². The minimum atomic E-state index is 0.860. The van der Waals surface area contributed by atoms with Gasteiger partial charge >= 0.3 is 0 Å². The van der Waals surface area contributed by atoms with Gasteiger partial charge in [0.1, 0.15) is 0 Å². The van der Waals surface area contributed by atoms with Crippen LogP contribution in [0, 0.1) is 6.92 Å². The van der Waals surface area contributed by atoms with E-state index < -0.39 is 0 Å². The molecule has 2 heteroatoms. The van der Waals surface area contributed by atoms with Crippen LogP contribution >= 0.6 is 11.8 Å². The number of hydrogen-bond donors (Lipinski definition) is 1. The Morgan fingerprint density at radius 1 is 1.31 bits per heavy atom. The molecule has 1 nitrogen and oxygen atoms in total. The quantitative estimate of drug-likeness (QED) is 0.853. The number of aryl methyl sites for hydroxylation is 1. The number of hydrogen-bond acceptors (Lipinski definition) is 2. The molecular formula is C14H21NS. The van der Waals surface area contributed by atoms with Gasteiger partial charge < -0.3 is 5.32 Å². The molecular weight excluding hydrogens is 214 g/mol. The van der Waals surface area contributed by atoms with Crippen molar-refractivity contribution in [2.45, 2.75) is 49.3 Å². The van der Waals surface area contributed by atoms with Crippen molar-refractivity contribution in [3.8, 4) is 0 Å². The normalized spacial score (nSPS) is 16.9. The second-order valence-electron chi connectivity index (χ2n) is 4.67. The molecule has 1 aromatic rings. The van der Waals surface area contributed by atoms with Gasteiger partial charge in [-0.3, -0.25) is 0 Å². The van der Waals surface area contributed by atoms with Gasteiger partial charge in [-0.25, -0.2) is 0 Å². The first-order valence-corrected chi connectivity index (χ1v) is 7.08. The highest BCUT2D eigenvalue weighted by atomic mass is 32.2. The van der Waals surface area contributed by atoms with Crippen LogP contribution in [0.2, 0.25) is 0 Å². The molecule has 0 saturated heterocycles. The van der Waals surface area contributed by atoms with Crippen molar-refractivity contribution in [2.75, 3.05) is 7.05 Å². The molecule has 0 amide bonds. The Morgan fingerprint density at radius 3 is 2.75 bits per heavy atom. The van der Waals surface area contributed by atoms with Crippen LogP contribution in [0.5, 0.6) is 0 Å². The van der Waals surface area contributed by atoms with E-state index in [9.17, 15) is 0 Å². The van der Waals surface area contributed by atoms with Gasteiger partial charge in [0, 0.05) is 16.7 Å². The molecule has 1 aliphatic rings. The fraction of sp³-hybridized carbons (Fsp3) is 0.571. The molecule has 1 aliphatic carbocycles. The van der Waals surface area contributed by atoms with Crippen LogP contribution in [0.1, 0.15) is 36.8 Å². The third-order valence-electron chi connectivity index (χ3n) is 3.18. The molecule has 1 aromatic carbocycles. The Hall–Kier alpha value is -0.470. The van der Waals surface area contributed by atoms with Crippen molar-refractivity contribution in [3.05, 3.63) is 29.3 Å². The average Bonchev–Trinajstić information content (AvgIpc) is 2.75. The van der Waals surface area contributed by atoms with Gasteiger partial charge in [-0.1, -0.05) is 30.5 Å². The largest absolute Gasteiger partial charge is 0.316 e. The summed E-state index contributed by atoms with van der Waals surface area (Å²) in [5.41, 5.74) is 2.82. The van der Waals surface area contributed by atoms with Gasteiger partial charge in [-0.05, 0) is 38.4 Å². The molecule has 0 unspecified atom stereocenters. The standard InChI is InChI=1S/C14H21NS/c1-11-7-8-14(12(9-11)10-15-2)16-13-5-3-4-6-13/h7-9,13,15H,3-6,10H2,1-2H3. The molecule has 0 aliphatic heterocycles. The molecule has 0 heterocycles. The van der Waals surface area contributed by atoms with E-state index in [4.69, 9.17) is 0 Å². The molecule has 1 saturated carbocycles. The molecule has 1 fully saturated rings. The van der Waals surface area contributed by atoms with Gasteiger partial charge in [-0.15, -0.1) is 11.8 Å². The van der Waals surface area contributed by atoms with Gasteiger partial charge in [0.05, 0.1) is 0 Å². The molecule has 0 atom stereocenters. The molecule has 0 spiro atoms. The lowest BCUT2D eigenvalue weighted by Gasteiger charge is -2.13. The molecule has 88 valence electrons. The average molecular weight is 235 g/mol. The fourth-order valence-electron chi connectivity index (χ4n) is 2.34. The van der Waals surface area contributed by atoms with Crippen LogP contribution in [-0.4, -0.2) is 12.3 Å². The van der Waals surface area contributed by atoms with Crippen molar-refractivity contribution in [1.82, 2.24) is 5.32 Å². The highest BCUT2D eigenvalue weighted by Crippen LogP contribution is 2.36. The first-order valence-electron chi connectivity index (χ1n) is 6.20. The lowest BCUT2D eigenvalue weighted by molar-refractivity contribution is 0.800. The zero-order valence-corrected chi connectivity index (χ0v) is 11.1. The van der Waals surface area contributed by atoms with Crippen molar-refractivity contribution in [2.24, 2.45) is 0 Å². The Morgan fingerprint density at radius 2 is 2.06 bits per heavy atom. The van der Waals surface area contributed by atoms with E-state index in [2.05, 4.69) is 42.2 Å². The maximum absolute atomic E-state index is 3.26. The van der Waals surface area contributed by atoms with Crippen molar-refractivity contribution < 1.29 is 0 Å². The van der Waals surface area contributed by atoms with Crippen LogP contribution in [-0.2, 0) is 6.54 Å². The third-order valence-corrected chi connectivity index (χ3v) is 4.64. The predicted molar refractivity (Wildman–Crippen MR) is 72.1 cm³/mol. The van der Waals surface area contributed by atoms with Gasteiger partial charge in [0.25, 0.3) is 0 Å². The third kappa shape index (κ3) is 3.02. The Labute approximate surface area is 103 Å². The van der Waals surface area contributed by atoms with Crippen LogP contribution in [0.4, 0.5) is 0 Å². The Bertz CT molecular complexity index is 343. The maximum Gasteiger partial charge on any atom is 0.0213 e. The van der Waals surface area contributed by atoms with E-state index in [1.165, 1.54) is 41.7 Å². The van der Waals surface area contributed by atoms with E-state index in [1.807, 2.05) is 7.05 Å². The summed E-state index contributed by atoms with van der Waals surface area (Å²) < 4.78 is 0. The summed E-state index contributed by atoms with van der Waals surface area (Å²) in [4.78, 5) is 1.48. The number of rotatable bonds is 4. The van der Waals surface area contributed by atoms with Crippen molar-refractivity contribution in [1.29, 1.82) is 0 Å². The van der Waals surface area contributed by atoms with Crippen molar-refractivity contribution in [3.63, 3.8) is 0 Å². The summed E-state index contributed by atoms with van der Waals surface area (Å²) >= 11 is 2.09. The summed E-state index contributed by atoms with van der Waals surface area (Å²) in [5.74, 6) is 0. The second-order valence-corrected chi connectivity index (χ2v) is 6.01. The fourth-order valence-corrected chi connectivity index (χ4v) is 3.69. The van der Waals surface area contributed by atoms with E-state index in [-0.39, 0.29) is 0 Å². The molecule has 0 aromatic heterocycles. The lowest BCUT2D eigenvalue weighted by atomic mass is 10.1. The van der Waals surface area contributed by atoms with E-state index in [0.29, 0.717) is 0 Å². The summed E-state index contributed by atoms with van der Waals surface area (Å²) in [6.45, 7) is 3.15. The second kappa shape index (κ2) is 5.74. The van der Waals surface area contributed by atoms with Gasteiger partial charge in [-0.2, -0.15) is 0 Å². The van der Waals surface area contributed by atoms with Crippen molar-refractivity contribution >= 4 is 11.8 Å². The first-order chi connectivity index (χ1) is 7.79. The van der Waals surface area contributed by atoms with Crippen LogP contribution in [0.25, 0.3) is 0 Å². The molecule has 1 N–H and O–H groups in total. The van der Waals surface area contributed by atoms with Crippen LogP contribution < -0.4 is 5.32 Å². The highest BCUT2D eigenvalue weighted by Gasteiger charge is 2.17. The summed E-state index contributed by atoms with van der Waals surface area (Å²) in [5, 5.41) is 4.12. The van der Waals surface area contributed by atoms with Crippen LogP contribution in [0.15, 0.2) is 23.1 Å². The minimum absolute atomic E-state index is 0.860. The molecule has 0 radical (unpaired) electrons. The van der Waals surface area contributed by atoms with Gasteiger partial charge in [0.15, 0.2) is 0 Å². The number of thioether (sulfide) groups is 1. The van der Waals surface area contributed by atoms with E-state index in [1.54, 1.807) is 0 Å². The SMILES string of the molecule is CNCc1cc(C)ccc1SC1CCCC1. The first kappa shape index (κ1) is 12.0. The number of nitrogens with one attached hydrogen (secondary N) is 1. The number of benzene rings is 1. The molecule has 0 bridgehead atoms. The maximum atomic E-state index is 3.26. The zero-order chi connectivity index (χ0) is 11.4. The Kier molecular flexibility index (Phi) is 4.30. The predicted octanol–water partition coefficient (Wildman–Crippen LogP) is 3.75. The summed E-state index contributed by atoms with van der Waals surface area (Å²) in [6.07, 6.45) is 5.64.